The Morgan fingerprint density at radius 1 is 1.11 bits per heavy atom. The molecule has 0 radical (unpaired) electrons. The smallest absolute Gasteiger partial charge is 0.296 e. The van der Waals surface area contributed by atoms with Crippen molar-refractivity contribution in [3.63, 3.8) is 0 Å². The first-order chi connectivity index (χ1) is 16.8. The van der Waals surface area contributed by atoms with Crippen LogP contribution in [0.3, 0.4) is 0 Å². The summed E-state index contributed by atoms with van der Waals surface area (Å²) in [6.45, 7) is 4.23. The highest BCUT2D eigenvalue weighted by Crippen LogP contribution is 2.43. The number of ether oxygens (including phenoxy) is 2. The lowest BCUT2D eigenvalue weighted by Gasteiger charge is -2.23. The molecular weight excluding hydrogens is 495 g/mol. The maximum Gasteiger partial charge on any atom is 0.296 e. The maximum atomic E-state index is 13.7. The monoisotopic (exact) mass is 514 g/mol. The van der Waals surface area contributed by atoms with Crippen LogP contribution in [0, 0.1) is 6.92 Å². The fourth-order valence-corrected chi connectivity index (χ4v) is 4.74. The first-order valence-electron chi connectivity index (χ1n) is 10.9. The van der Waals surface area contributed by atoms with E-state index >= 15 is 0 Å². The second-order valence-electron chi connectivity index (χ2n) is 8.07. The average molecular weight is 515 g/mol. The third-order valence-electron chi connectivity index (χ3n) is 5.72. The van der Waals surface area contributed by atoms with Crippen LogP contribution in [0.4, 0.5) is 5.82 Å². The summed E-state index contributed by atoms with van der Waals surface area (Å²) in [5, 5.41) is 4.60. The Bertz CT molecular complexity index is 1530. The van der Waals surface area contributed by atoms with Crippen molar-refractivity contribution in [2.24, 2.45) is 0 Å². The molecule has 0 aliphatic carbocycles. The zero-order valence-electron chi connectivity index (χ0n) is 19.1. The summed E-state index contributed by atoms with van der Waals surface area (Å²) in [7, 11) is 1.52. The second-order valence-corrected chi connectivity index (χ2v) is 8.91. The lowest BCUT2D eigenvalue weighted by molar-refractivity contribution is 0.0969. The van der Waals surface area contributed by atoms with Gasteiger partial charge in [0.2, 0.25) is 5.76 Å². The van der Waals surface area contributed by atoms with Crippen LogP contribution in [0.2, 0.25) is 10.0 Å². The summed E-state index contributed by atoms with van der Waals surface area (Å²) in [6, 6.07) is 8.92. The molecule has 2 aromatic carbocycles. The summed E-state index contributed by atoms with van der Waals surface area (Å²) in [6.07, 6.45) is 0.827. The molecule has 10 heteroatoms. The Kier molecular flexibility index (Phi) is 5.94. The summed E-state index contributed by atoms with van der Waals surface area (Å²) < 4.78 is 22.5. The molecule has 3 heterocycles. The van der Waals surface area contributed by atoms with Crippen molar-refractivity contribution in [3.8, 4) is 11.5 Å². The molecule has 0 N–H and O–H groups in total. The van der Waals surface area contributed by atoms with Gasteiger partial charge in [-0.05, 0) is 43.2 Å². The van der Waals surface area contributed by atoms with E-state index in [1.165, 1.54) is 24.1 Å². The van der Waals surface area contributed by atoms with Crippen LogP contribution in [0.5, 0.6) is 11.5 Å². The highest BCUT2D eigenvalue weighted by Gasteiger charge is 2.45. The Morgan fingerprint density at radius 3 is 2.60 bits per heavy atom. The van der Waals surface area contributed by atoms with Gasteiger partial charge in [-0.25, -0.2) is 0 Å². The van der Waals surface area contributed by atoms with Gasteiger partial charge in [-0.1, -0.05) is 41.3 Å². The van der Waals surface area contributed by atoms with Crippen LogP contribution in [-0.4, -0.2) is 24.8 Å². The van der Waals surface area contributed by atoms with E-state index in [2.05, 4.69) is 5.16 Å². The van der Waals surface area contributed by atoms with Crippen LogP contribution in [0.15, 0.2) is 50.1 Å². The standard InChI is InChI=1S/C25H20Cl2N2O6/c1-4-7-33-17-6-5-13(9-18(17)32-3)21-20-22(30)15-10-14(26)11-16(27)23(15)34-24(20)25(31)29(21)19-8-12(2)35-28-19/h5-6,8-11,21H,4,7H2,1-3H3. The number of hydrogen-bond acceptors (Lipinski definition) is 7. The molecule has 0 saturated carbocycles. The molecule has 2 aromatic heterocycles. The van der Waals surface area contributed by atoms with Gasteiger partial charge in [0.05, 0.1) is 35.7 Å². The molecule has 0 fully saturated rings. The molecule has 180 valence electrons. The van der Waals surface area contributed by atoms with Crippen LogP contribution in [-0.2, 0) is 0 Å². The number of rotatable bonds is 6. The van der Waals surface area contributed by atoms with Crippen molar-refractivity contribution < 1.29 is 23.2 Å². The molecule has 1 aliphatic rings. The van der Waals surface area contributed by atoms with E-state index in [0.717, 1.165) is 6.42 Å². The second kappa shape index (κ2) is 8.94. The molecule has 0 bridgehead atoms. The van der Waals surface area contributed by atoms with E-state index in [-0.39, 0.29) is 38.2 Å². The molecule has 1 atom stereocenters. The van der Waals surface area contributed by atoms with Gasteiger partial charge in [0, 0.05) is 11.1 Å². The van der Waals surface area contributed by atoms with Gasteiger partial charge in [-0.2, -0.15) is 0 Å². The number of carbonyl (C=O) groups excluding carboxylic acids is 1. The van der Waals surface area contributed by atoms with Gasteiger partial charge in [0.1, 0.15) is 5.76 Å². The van der Waals surface area contributed by atoms with Gasteiger partial charge >= 0.3 is 0 Å². The fourth-order valence-electron chi connectivity index (χ4n) is 4.21. The normalized spacial score (nSPS) is 15.1. The number of hydrogen-bond donors (Lipinski definition) is 0. The Morgan fingerprint density at radius 2 is 1.91 bits per heavy atom. The molecule has 0 spiro atoms. The maximum absolute atomic E-state index is 13.7. The highest BCUT2D eigenvalue weighted by molar-refractivity contribution is 6.38. The first-order valence-corrected chi connectivity index (χ1v) is 11.6. The van der Waals surface area contributed by atoms with E-state index < -0.39 is 17.4 Å². The molecule has 35 heavy (non-hydrogen) atoms. The zero-order chi connectivity index (χ0) is 24.9. The van der Waals surface area contributed by atoms with Crippen molar-refractivity contribution in [1.82, 2.24) is 5.16 Å². The van der Waals surface area contributed by atoms with Crippen molar-refractivity contribution >= 4 is 45.9 Å². The van der Waals surface area contributed by atoms with E-state index in [0.29, 0.717) is 29.4 Å². The average Bonchev–Trinajstić information content (AvgIpc) is 3.39. The number of methoxy groups -OCH3 is 1. The quantitative estimate of drug-likeness (QED) is 0.314. The van der Waals surface area contributed by atoms with Crippen LogP contribution in [0.25, 0.3) is 11.0 Å². The predicted octanol–water partition coefficient (Wildman–Crippen LogP) is 5.94. The molecule has 8 nitrogen and oxygen atoms in total. The van der Waals surface area contributed by atoms with Crippen LogP contribution >= 0.6 is 23.2 Å². The summed E-state index contributed by atoms with van der Waals surface area (Å²) in [5.74, 6) is 1.08. The minimum Gasteiger partial charge on any atom is -0.493 e. The molecular formula is C25H20Cl2N2O6. The lowest BCUT2D eigenvalue weighted by atomic mass is 9.98. The number of amides is 1. The van der Waals surface area contributed by atoms with E-state index in [1.807, 2.05) is 6.92 Å². The van der Waals surface area contributed by atoms with Crippen molar-refractivity contribution in [3.05, 3.63) is 79.3 Å². The summed E-state index contributed by atoms with van der Waals surface area (Å²) in [5.41, 5.74) is 0.409. The Balaban J connectivity index is 1.77. The van der Waals surface area contributed by atoms with Gasteiger partial charge in [0.25, 0.3) is 5.91 Å². The number of aromatic nitrogens is 1. The minimum atomic E-state index is -0.866. The summed E-state index contributed by atoms with van der Waals surface area (Å²) >= 11 is 12.5. The fraction of sp³-hybridized carbons (Fsp3) is 0.240. The van der Waals surface area contributed by atoms with Gasteiger partial charge in [-0.3, -0.25) is 14.5 Å². The Labute approximate surface area is 209 Å². The molecule has 5 rings (SSSR count). The third kappa shape index (κ3) is 3.83. The largest absolute Gasteiger partial charge is 0.493 e. The number of anilines is 1. The number of nitrogens with zero attached hydrogens (tertiary/aromatic N) is 2. The SMILES string of the molecule is CCCOc1ccc(C2c3c(oc4c(Cl)cc(Cl)cc4c3=O)C(=O)N2c2cc(C)on2)cc1OC. The van der Waals surface area contributed by atoms with E-state index in [4.69, 9.17) is 41.6 Å². The van der Waals surface area contributed by atoms with E-state index in [1.54, 1.807) is 31.2 Å². The van der Waals surface area contributed by atoms with Crippen LogP contribution in [0.1, 0.15) is 46.8 Å². The van der Waals surface area contributed by atoms with Gasteiger partial charge < -0.3 is 18.4 Å². The Hall–Kier alpha value is -3.49. The van der Waals surface area contributed by atoms with Crippen molar-refractivity contribution in [2.45, 2.75) is 26.3 Å². The zero-order valence-corrected chi connectivity index (χ0v) is 20.6. The highest BCUT2D eigenvalue weighted by atomic mass is 35.5. The number of carbonyl (C=O) groups is 1. The molecule has 1 unspecified atom stereocenters. The van der Waals surface area contributed by atoms with Gasteiger partial charge in [-0.15, -0.1) is 0 Å². The first kappa shape index (κ1) is 23.3. The van der Waals surface area contributed by atoms with Gasteiger partial charge in [0.15, 0.2) is 28.3 Å². The lowest BCUT2D eigenvalue weighted by Crippen LogP contribution is -2.29. The topological polar surface area (TPSA) is 95.0 Å². The molecule has 1 amide bonds. The number of fused-ring (bicyclic) bond motifs is 2. The number of halogens is 2. The third-order valence-corrected chi connectivity index (χ3v) is 6.22. The molecule has 4 aromatic rings. The predicted molar refractivity (Wildman–Crippen MR) is 131 cm³/mol. The minimum absolute atomic E-state index is 0.0889. The van der Waals surface area contributed by atoms with Crippen molar-refractivity contribution in [1.29, 1.82) is 0 Å². The van der Waals surface area contributed by atoms with Crippen LogP contribution < -0.4 is 19.8 Å². The molecule has 0 saturated heterocycles. The number of aryl methyl sites for hydroxylation is 1. The number of benzene rings is 2. The molecule has 1 aliphatic heterocycles. The van der Waals surface area contributed by atoms with E-state index in [9.17, 15) is 9.59 Å². The summed E-state index contributed by atoms with van der Waals surface area (Å²) in [4.78, 5) is 28.7. The van der Waals surface area contributed by atoms with Crippen molar-refractivity contribution in [2.75, 3.05) is 18.6 Å².